The van der Waals surface area contributed by atoms with Crippen molar-refractivity contribution < 1.29 is 23.8 Å². The summed E-state index contributed by atoms with van der Waals surface area (Å²) in [6, 6.07) is 1.55. The standard InChI is InChI=1S/C14H16BrFO4/c1-14(2,7-10(17)18)8-6-9-13(11(15)12(8)16)20-5-3-4-19-9/h6H,3-5,7H2,1-2H3,(H,17,18). The molecular formula is C14H16BrFO4. The molecule has 0 aliphatic carbocycles. The highest BCUT2D eigenvalue weighted by atomic mass is 79.9. The van der Waals surface area contributed by atoms with Gasteiger partial charge in [0.15, 0.2) is 11.5 Å². The molecule has 0 unspecified atom stereocenters. The minimum Gasteiger partial charge on any atom is -0.490 e. The largest absolute Gasteiger partial charge is 0.490 e. The maximum atomic E-state index is 14.5. The number of rotatable bonds is 3. The first-order chi connectivity index (χ1) is 9.33. The van der Waals surface area contributed by atoms with Crippen LogP contribution in [0, 0.1) is 5.82 Å². The van der Waals surface area contributed by atoms with Gasteiger partial charge in [0.2, 0.25) is 0 Å². The van der Waals surface area contributed by atoms with Crippen LogP contribution >= 0.6 is 15.9 Å². The fourth-order valence-corrected chi connectivity index (χ4v) is 2.73. The van der Waals surface area contributed by atoms with E-state index in [4.69, 9.17) is 14.6 Å². The molecule has 1 N–H and O–H groups in total. The van der Waals surface area contributed by atoms with Gasteiger partial charge in [-0.3, -0.25) is 4.79 Å². The second kappa shape index (κ2) is 5.60. The quantitative estimate of drug-likeness (QED) is 0.909. The van der Waals surface area contributed by atoms with Crippen LogP contribution in [0.2, 0.25) is 0 Å². The third kappa shape index (κ3) is 2.90. The van der Waals surface area contributed by atoms with Crippen molar-refractivity contribution in [3.63, 3.8) is 0 Å². The number of carboxylic acids is 1. The molecule has 0 atom stereocenters. The number of aliphatic carboxylic acids is 1. The normalized spacial score (nSPS) is 14.8. The number of hydrogen-bond donors (Lipinski definition) is 1. The Balaban J connectivity index is 2.52. The summed E-state index contributed by atoms with van der Waals surface area (Å²) in [5.74, 6) is -0.683. The third-order valence-corrected chi connectivity index (χ3v) is 3.95. The molecule has 1 aromatic carbocycles. The Kier molecular flexibility index (Phi) is 4.22. The number of benzene rings is 1. The first kappa shape index (κ1) is 15.1. The lowest BCUT2D eigenvalue weighted by Gasteiger charge is -2.25. The van der Waals surface area contributed by atoms with Crippen LogP contribution in [0.5, 0.6) is 11.5 Å². The van der Waals surface area contributed by atoms with Gasteiger partial charge in [0.1, 0.15) is 5.82 Å². The van der Waals surface area contributed by atoms with Gasteiger partial charge in [-0.1, -0.05) is 13.8 Å². The molecule has 0 saturated carbocycles. The molecule has 0 radical (unpaired) electrons. The molecule has 6 heteroatoms. The van der Waals surface area contributed by atoms with E-state index >= 15 is 0 Å². The lowest BCUT2D eigenvalue weighted by molar-refractivity contribution is -0.138. The van der Waals surface area contributed by atoms with E-state index in [-0.39, 0.29) is 10.9 Å². The Labute approximate surface area is 125 Å². The molecular weight excluding hydrogens is 331 g/mol. The lowest BCUT2D eigenvalue weighted by Crippen LogP contribution is -2.23. The molecule has 0 fully saturated rings. The Hall–Kier alpha value is -1.30. The third-order valence-electron chi connectivity index (χ3n) is 3.24. The maximum absolute atomic E-state index is 14.5. The van der Waals surface area contributed by atoms with Crippen LogP contribution < -0.4 is 9.47 Å². The van der Waals surface area contributed by atoms with Crippen molar-refractivity contribution in [2.75, 3.05) is 13.2 Å². The zero-order valence-corrected chi connectivity index (χ0v) is 12.9. The Morgan fingerprint density at radius 2 is 2.10 bits per heavy atom. The van der Waals surface area contributed by atoms with Gasteiger partial charge >= 0.3 is 5.97 Å². The monoisotopic (exact) mass is 346 g/mol. The summed E-state index contributed by atoms with van der Waals surface area (Å²) in [6.45, 7) is 4.33. The van der Waals surface area contributed by atoms with Crippen molar-refractivity contribution in [3.05, 3.63) is 21.9 Å². The molecule has 0 amide bonds. The summed E-state index contributed by atoms with van der Waals surface area (Å²) in [4.78, 5) is 10.9. The second-order valence-electron chi connectivity index (χ2n) is 5.38. The molecule has 2 rings (SSSR count). The van der Waals surface area contributed by atoms with Gasteiger partial charge in [-0.05, 0) is 27.6 Å². The van der Waals surface area contributed by atoms with Crippen LogP contribution in [0.4, 0.5) is 4.39 Å². The minimum atomic E-state index is -0.974. The van der Waals surface area contributed by atoms with E-state index in [0.29, 0.717) is 30.3 Å². The van der Waals surface area contributed by atoms with E-state index < -0.39 is 17.2 Å². The number of carbonyl (C=O) groups is 1. The van der Waals surface area contributed by atoms with Crippen LogP contribution in [0.15, 0.2) is 10.5 Å². The topological polar surface area (TPSA) is 55.8 Å². The molecule has 1 aromatic rings. The molecule has 20 heavy (non-hydrogen) atoms. The number of fused-ring (bicyclic) bond motifs is 1. The van der Waals surface area contributed by atoms with Gasteiger partial charge < -0.3 is 14.6 Å². The van der Waals surface area contributed by atoms with Gasteiger partial charge in [-0.15, -0.1) is 0 Å². The molecule has 110 valence electrons. The number of ether oxygens (including phenoxy) is 2. The first-order valence-electron chi connectivity index (χ1n) is 6.33. The molecule has 4 nitrogen and oxygen atoms in total. The highest BCUT2D eigenvalue weighted by Gasteiger charge is 2.31. The summed E-state index contributed by atoms with van der Waals surface area (Å²) >= 11 is 3.18. The van der Waals surface area contributed by atoms with Gasteiger partial charge in [-0.2, -0.15) is 0 Å². The smallest absolute Gasteiger partial charge is 0.304 e. The van der Waals surface area contributed by atoms with Crippen molar-refractivity contribution in [2.24, 2.45) is 0 Å². The highest BCUT2D eigenvalue weighted by molar-refractivity contribution is 9.10. The predicted molar refractivity (Wildman–Crippen MR) is 75.0 cm³/mol. The molecule has 1 heterocycles. The Morgan fingerprint density at radius 3 is 2.75 bits per heavy atom. The fraction of sp³-hybridized carbons (Fsp3) is 0.500. The fourth-order valence-electron chi connectivity index (χ4n) is 2.21. The molecule has 0 aromatic heterocycles. The molecule has 1 aliphatic rings. The van der Waals surface area contributed by atoms with Crippen LogP contribution in [0.25, 0.3) is 0 Å². The van der Waals surface area contributed by atoms with E-state index in [2.05, 4.69) is 15.9 Å². The molecule has 0 saturated heterocycles. The van der Waals surface area contributed by atoms with Crippen LogP contribution in [0.3, 0.4) is 0 Å². The zero-order chi connectivity index (χ0) is 14.9. The van der Waals surface area contributed by atoms with Crippen molar-refractivity contribution in [3.8, 4) is 11.5 Å². The average molecular weight is 347 g/mol. The van der Waals surface area contributed by atoms with Crippen molar-refractivity contribution in [2.45, 2.75) is 32.1 Å². The van der Waals surface area contributed by atoms with Gasteiger partial charge in [-0.25, -0.2) is 4.39 Å². The van der Waals surface area contributed by atoms with Gasteiger partial charge in [0.05, 0.1) is 24.1 Å². The maximum Gasteiger partial charge on any atom is 0.304 e. The van der Waals surface area contributed by atoms with Crippen molar-refractivity contribution >= 4 is 21.9 Å². The number of hydrogen-bond acceptors (Lipinski definition) is 3. The van der Waals surface area contributed by atoms with Crippen molar-refractivity contribution in [1.29, 1.82) is 0 Å². The van der Waals surface area contributed by atoms with Crippen molar-refractivity contribution in [1.82, 2.24) is 0 Å². The number of carboxylic acid groups (broad SMARTS) is 1. The Bertz CT molecular complexity index is 542. The first-order valence-corrected chi connectivity index (χ1v) is 7.12. The summed E-state index contributed by atoms with van der Waals surface area (Å²) in [6.07, 6.45) is 0.548. The van der Waals surface area contributed by atoms with Crippen LogP contribution in [-0.2, 0) is 10.2 Å². The molecule has 1 aliphatic heterocycles. The van der Waals surface area contributed by atoms with E-state index in [0.717, 1.165) is 6.42 Å². The van der Waals surface area contributed by atoms with E-state index in [9.17, 15) is 9.18 Å². The average Bonchev–Trinajstić information content (AvgIpc) is 2.57. The van der Waals surface area contributed by atoms with Crippen LogP contribution in [-0.4, -0.2) is 24.3 Å². The molecule has 0 spiro atoms. The SMILES string of the molecule is CC(C)(CC(=O)O)c1cc2c(c(Br)c1F)OCCCO2. The van der Waals surface area contributed by atoms with Gasteiger partial charge in [0, 0.05) is 11.8 Å². The van der Waals surface area contributed by atoms with Crippen LogP contribution in [0.1, 0.15) is 32.3 Å². The second-order valence-corrected chi connectivity index (χ2v) is 6.18. The summed E-state index contributed by atoms with van der Waals surface area (Å²) in [5.41, 5.74) is -0.542. The lowest BCUT2D eigenvalue weighted by atomic mass is 9.81. The predicted octanol–water partition coefficient (Wildman–Crippen LogP) is 3.50. The zero-order valence-electron chi connectivity index (χ0n) is 11.3. The van der Waals surface area contributed by atoms with E-state index in [1.54, 1.807) is 19.9 Å². The summed E-state index contributed by atoms with van der Waals surface area (Å²) in [5, 5.41) is 8.96. The highest BCUT2D eigenvalue weighted by Crippen LogP contribution is 2.44. The van der Waals surface area contributed by atoms with E-state index in [1.165, 1.54) is 0 Å². The van der Waals surface area contributed by atoms with Gasteiger partial charge in [0.25, 0.3) is 0 Å². The number of halogens is 2. The van der Waals surface area contributed by atoms with E-state index in [1.807, 2.05) is 0 Å². The summed E-state index contributed by atoms with van der Waals surface area (Å²) in [7, 11) is 0. The Morgan fingerprint density at radius 1 is 1.45 bits per heavy atom. The molecule has 0 bridgehead atoms. The summed E-state index contributed by atoms with van der Waals surface area (Å²) < 4.78 is 25.7. The minimum absolute atomic E-state index is 0.171.